The molecule has 1 aliphatic rings. The Hall–Kier alpha value is -3.12. The summed E-state index contributed by atoms with van der Waals surface area (Å²) in [7, 11) is 0. The molecule has 6 heteroatoms. The minimum atomic E-state index is -1.03. The number of hydrogen-bond acceptors (Lipinski definition) is 2. The van der Waals surface area contributed by atoms with Crippen LogP contribution in [0.2, 0.25) is 0 Å². The Labute approximate surface area is 209 Å². The maximum atomic E-state index is 15.0. The lowest BCUT2D eigenvalue weighted by Crippen LogP contribution is -2.21. The summed E-state index contributed by atoms with van der Waals surface area (Å²) in [6.07, 6.45) is 4.50. The fourth-order valence-electron chi connectivity index (χ4n) is 4.63. The zero-order valence-electron chi connectivity index (χ0n) is 20.3. The van der Waals surface area contributed by atoms with Gasteiger partial charge in [-0.1, -0.05) is 48.0 Å². The quantitative estimate of drug-likeness (QED) is 0.167. The molecule has 190 valence electrons. The van der Waals surface area contributed by atoms with Gasteiger partial charge in [0.15, 0.2) is 23.2 Å². The standard InChI is InChI=1S/C30H30F4O2/c1-3-4-17-35-26-16-11-22(27(31)30(26)34)18-36-23-12-9-21(10-13-23)25-15-14-24(28(32)29(25)33)20-7-5-19(2)6-8-20/h3,5-8,11,14-16,21,23H,1,4,9-10,12-13,17-18H2,2H3. The molecule has 2 nitrogen and oxygen atoms in total. The lowest BCUT2D eigenvalue weighted by atomic mass is 9.82. The van der Waals surface area contributed by atoms with E-state index in [-0.39, 0.29) is 42.1 Å². The van der Waals surface area contributed by atoms with E-state index in [0.717, 1.165) is 5.56 Å². The summed E-state index contributed by atoms with van der Waals surface area (Å²) in [6, 6.07) is 13.5. The van der Waals surface area contributed by atoms with Gasteiger partial charge in [0.05, 0.1) is 19.3 Å². The van der Waals surface area contributed by atoms with Gasteiger partial charge in [0.1, 0.15) is 0 Å². The Kier molecular flexibility index (Phi) is 8.47. The molecule has 0 atom stereocenters. The molecule has 0 aromatic heterocycles. The SMILES string of the molecule is C=CCCOc1ccc(COC2CCC(c3ccc(-c4ccc(C)cc4)c(F)c3F)CC2)c(F)c1F. The fourth-order valence-corrected chi connectivity index (χ4v) is 4.63. The third-order valence-corrected chi connectivity index (χ3v) is 6.77. The number of ether oxygens (including phenoxy) is 2. The third kappa shape index (κ3) is 5.81. The lowest BCUT2D eigenvalue weighted by Gasteiger charge is -2.29. The molecule has 0 N–H and O–H groups in total. The van der Waals surface area contributed by atoms with E-state index in [1.807, 2.05) is 19.1 Å². The molecule has 0 heterocycles. The molecule has 4 rings (SSSR count). The summed E-state index contributed by atoms with van der Waals surface area (Å²) in [5.74, 6) is -3.90. The van der Waals surface area contributed by atoms with E-state index in [1.54, 1.807) is 30.3 Å². The minimum Gasteiger partial charge on any atom is -0.490 e. The van der Waals surface area contributed by atoms with E-state index in [0.29, 0.717) is 43.2 Å². The average molecular weight is 499 g/mol. The third-order valence-electron chi connectivity index (χ3n) is 6.77. The van der Waals surface area contributed by atoms with Crippen molar-refractivity contribution >= 4 is 0 Å². The molecule has 0 aliphatic heterocycles. The van der Waals surface area contributed by atoms with Crippen molar-refractivity contribution in [1.82, 2.24) is 0 Å². The highest BCUT2D eigenvalue weighted by Crippen LogP contribution is 2.38. The van der Waals surface area contributed by atoms with Crippen molar-refractivity contribution in [3.8, 4) is 16.9 Å². The van der Waals surface area contributed by atoms with Crippen molar-refractivity contribution in [2.45, 2.75) is 57.7 Å². The lowest BCUT2D eigenvalue weighted by molar-refractivity contribution is 0.0116. The van der Waals surface area contributed by atoms with Gasteiger partial charge >= 0.3 is 0 Å². The molecule has 0 radical (unpaired) electrons. The van der Waals surface area contributed by atoms with Crippen LogP contribution in [-0.4, -0.2) is 12.7 Å². The van der Waals surface area contributed by atoms with Crippen LogP contribution in [0.3, 0.4) is 0 Å². The molecule has 0 amide bonds. The highest BCUT2D eigenvalue weighted by atomic mass is 19.2. The highest BCUT2D eigenvalue weighted by Gasteiger charge is 2.27. The number of aryl methyl sites for hydroxylation is 1. The van der Waals surface area contributed by atoms with E-state index in [4.69, 9.17) is 9.47 Å². The van der Waals surface area contributed by atoms with Gasteiger partial charge in [-0.15, -0.1) is 6.58 Å². The number of rotatable bonds is 9. The monoisotopic (exact) mass is 498 g/mol. The molecule has 0 saturated heterocycles. The van der Waals surface area contributed by atoms with Crippen LogP contribution in [0.1, 0.15) is 54.7 Å². The van der Waals surface area contributed by atoms with Crippen molar-refractivity contribution in [2.75, 3.05) is 6.61 Å². The summed E-state index contributed by atoms with van der Waals surface area (Å²) >= 11 is 0. The Morgan fingerprint density at radius 1 is 0.833 bits per heavy atom. The predicted molar refractivity (Wildman–Crippen MR) is 133 cm³/mol. The maximum absolute atomic E-state index is 15.0. The van der Waals surface area contributed by atoms with Crippen molar-refractivity contribution in [1.29, 1.82) is 0 Å². The molecule has 36 heavy (non-hydrogen) atoms. The molecule has 1 aliphatic carbocycles. The average Bonchev–Trinajstić information content (AvgIpc) is 2.89. The van der Waals surface area contributed by atoms with Crippen LogP contribution in [-0.2, 0) is 11.3 Å². The molecule has 1 fully saturated rings. The number of halogens is 4. The Balaban J connectivity index is 1.34. The van der Waals surface area contributed by atoms with E-state index in [2.05, 4.69) is 6.58 Å². The zero-order valence-corrected chi connectivity index (χ0v) is 20.3. The predicted octanol–water partition coefficient (Wildman–Crippen LogP) is 8.42. The van der Waals surface area contributed by atoms with Crippen LogP contribution in [0.5, 0.6) is 5.75 Å². The molecule has 3 aromatic carbocycles. The van der Waals surface area contributed by atoms with Gasteiger partial charge in [0.25, 0.3) is 0 Å². The molecular formula is C30H30F4O2. The fraction of sp³-hybridized carbons (Fsp3) is 0.333. The van der Waals surface area contributed by atoms with Crippen LogP contribution in [0.25, 0.3) is 11.1 Å². The van der Waals surface area contributed by atoms with Crippen molar-refractivity contribution in [2.24, 2.45) is 0 Å². The minimum absolute atomic E-state index is 0.0702. The van der Waals surface area contributed by atoms with Crippen LogP contribution in [0.15, 0.2) is 61.2 Å². The van der Waals surface area contributed by atoms with Crippen LogP contribution >= 0.6 is 0 Å². The number of hydrogen-bond donors (Lipinski definition) is 0. The second kappa shape index (κ2) is 11.7. The van der Waals surface area contributed by atoms with Gasteiger partial charge in [-0.2, -0.15) is 4.39 Å². The van der Waals surface area contributed by atoms with Crippen LogP contribution in [0.4, 0.5) is 17.6 Å². The van der Waals surface area contributed by atoms with Gasteiger partial charge in [-0.05, 0) is 68.2 Å². The molecular weight excluding hydrogens is 468 g/mol. The first-order chi connectivity index (χ1) is 17.4. The van der Waals surface area contributed by atoms with Gasteiger partial charge in [-0.3, -0.25) is 0 Å². The Morgan fingerprint density at radius 3 is 2.25 bits per heavy atom. The first-order valence-corrected chi connectivity index (χ1v) is 12.3. The largest absolute Gasteiger partial charge is 0.490 e. The first kappa shape index (κ1) is 26.0. The normalized spacial score (nSPS) is 17.7. The van der Waals surface area contributed by atoms with E-state index in [1.165, 1.54) is 12.1 Å². The highest BCUT2D eigenvalue weighted by molar-refractivity contribution is 5.65. The van der Waals surface area contributed by atoms with Gasteiger partial charge in [0, 0.05) is 11.1 Å². The summed E-state index contributed by atoms with van der Waals surface area (Å²) in [5.41, 5.74) is 2.43. The van der Waals surface area contributed by atoms with E-state index in [9.17, 15) is 17.6 Å². The second-order valence-corrected chi connectivity index (χ2v) is 9.26. The van der Waals surface area contributed by atoms with Crippen molar-refractivity contribution in [3.63, 3.8) is 0 Å². The Morgan fingerprint density at radius 2 is 1.56 bits per heavy atom. The molecule has 1 saturated carbocycles. The summed E-state index contributed by atoms with van der Waals surface area (Å²) in [4.78, 5) is 0. The maximum Gasteiger partial charge on any atom is 0.200 e. The Bertz CT molecular complexity index is 1200. The summed E-state index contributed by atoms with van der Waals surface area (Å²) < 4.78 is 69.7. The second-order valence-electron chi connectivity index (χ2n) is 9.26. The van der Waals surface area contributed by atoms with Gasteiger partial charge < -0.3 is 9.47 Å². The summed E-state index contributed by atoms with van der Waals surface area (Å²) in [6.45, 7) is 5.65. The van der Waals surface area contributed by atoms with E-state index >= 15 is 0 Å². The van der Waals surface area contributed by atoms with Crippen LogP contribution < -0.4 is 4.74 Å². The smallest absolute Gasteiger partial charge is 0.200 e. The van der Waals surface area contributed by atoms with Gasteiger partial charge in [-0.25, -0.2) is 13.2 Å². The molecule has 3 aromatic rings. The van der Waals surface area contributed by atoms with E-state index < -0.39 is 23.3 Å². The summed E-state index contributed by atoms with van der Waals surface area (Å²) in [5, 5.41) is 0. The van der Waals surface area contributed by atoms with Crippen molar-refractivity contribution in [3.05, 3.63) is 101 Å². The number of benzene rings is 3. The molecule has 0 spiro atoms. The topological polar surface area (TPSA) is 18.5 Å². The molecule has 0 bridgehead atoms. The van der Waals surface area contributed by atoms with Gasteiger partial charge in [0.2, 0.25) is 5.82 Å². The first-order valence-electron chi connectivity index (χ1n) is 12.3. The van der Waals surface area contributed by atoms with Crippen molar-refractivity contribution < 1.29 is 27.0 Å². The van der Waals surface area contributed by atoms with Crippen LogP contribution in [0, 0.1) is 30.2 Å². The molecule has 0 unspecified atom stereocenters. The zero-order chi connectivity index (χ0) is 25.7.